The maximum Gasteiger partial charge on any atom is 0.285 e. The normalized spacial score (nSPS) is 12.1. The summed E-state index contributed by atoms with van der Waals surface area (Å²) in [5.74, 6) is 0. The van der Waals surface area contributed by atoms with Crippen molar-refractivity contribution in [2.75, 3.05) is 5.32 Å². The van der Waals surface area contributed by atoms with Crippen molar-refractivity contribution in [3.63, 3.8) is 0 Å². The van der Waals surface area contributed by atoms with E-state index in [2.05, 4.69) is 20.6 Å². The van der Waals surface area contributed by atoms with Crippen molar-refractivity contribution in [2.24, 2.45) is 0 Å². The van der Waals surface area contributed by atoms with Crippen molar-refractivity contribution >= 4 is 17.3 Å². The van der Waals surface area contributed by atoms with E-state index in [1.165, 1.54) is 6.20 Å². The number of benzene rings is 1. The molecule has 0 saturated carbocycles. The van der Waals surface area contributed by atoms with Crippen LogP contribution >= 0.6 is 11.6 Å². The van der Waals surface area contributed by atoms with Crippen LogP contribution in [0.5, 0.6) is 0 Å². The van der Waals surface area contributed by atoms with E-state index in [1.54, 1.807) is 10.9 Å². The quantitative estimate of drug-likeness (QED) is 0.776. The SMILES string of the molecule is CC(Nc1cn[nH]c(=O)c1Cl)c1ccc(-n2cccn2)cc1. The van der Waals surface area contributed by atoms with Gasteiger partial charge in [0.05, 0.1) is 17.6 Å². The molecular formula is C15H14ClN5O. The van der Waals surface area contributed by atoms with Gasteiger partial charge in [-0.15, -0.1) is 0 Å². The van der Waals surface area contributed by atoms with Gasteiger partial charge in [-0.3, -0.25) is 4.79 Å². The summed E-state index contributed by atoms with van der Waals surface area (Å²) in [5.41, 5.74) is 2.14. The lowest BCUT2D eigenvalue weighted by Crippen LogP contribution is -2.14. The Labute approximate surface area is 131 Å². The summed E-state index contributed by atoms with van der Waals surface area (Å²) in [5, 5.41) is 13.5. The van der Waals surface area contributed by atoms with Crippen molar-refractivity contribution in [3.05, 3.63) is 69.9 Å². The van der Waals surface area contributed by atoms with Crippen molar-refractivity contribution < 1.29 is 0 Å². The summed E-state index contributed by atoms with van der Waals surface area (Å²) < 4.78 is 1.79. The molecule has 2 heterocycles. The highest BCUT2D eigenvalue weighted by atomic mass is 35.5. The summed E-state index contributed by atoms with van der Waals surface area (Å²) in [6, 6.07) is 9.83. The zero-order valence-electron chi connectivity index (χ0n) is 11.8. The highest BCUT2D eigenvalue weighted by Crippen LogP contribution is 2.23. The van der Waals surface area contributed by atoms with E-state index in [4.69, 9.17) is 11.6 Å². The third kappa shape index (κ3) is 2.87. The average Bonchev–Trinajstić information content (AvgIpc) is 3.06. The number of hydrogen-bond acceptors (Lipinski definition) is 4. The minimum atomic E-state index is -0.409. The molecule has 0 fully saturated rings. The Kier molecular flexibility index (Phi) is 3.93. The van der Waals surface area contributed by atoms with Gasteiger partial charge in [-0.2, -0.15) is 10.2 Å². The molecule has 0 radical (unpaired) electrons. The maximum atomic E-state index is 11.4. The fourth-order valence-corrected chi connectivity index (χ4v) is 2.28. The molecule has 3 aromatic rings. The van der Waals surface area contributed by atoms with Gasteiger partial charge in [-0.05, 0) is 30.7 Å². The molecular weight excluding hydrogens is 302 g/mol. The minimum absolute atomic E-state index is 0.0206. The molecule has 0 amide bonds. The number of anilines is 1. The first-order valence-electron chi connectivity index (χ1n) is 6.75. The monoisotopic (exact) mass is 315 g/mol. The zero-order valence-corrected chi connectivity index (χ0v) is 12.6. The fourth-order valence-electron chi connectivity index (χ4n) is 2.14. The molecule has 0 bridgehead atoms. The smallest absolute Gasteiger partial charge is 0.285 e. The molecule has 112 valence electrons. The van der Waals surface area contributed by atoms with Crippen LogP contribution in [-0.4, -0.2) is 20.0 Å². The second-order valence-electron chi connectivity index (χ2n) is 4.83. The molecule has 0 saturated heterocycles. The second kappa shape index (κ2) is 6.03. The molecule has 1 aromatic carbocycles. The lowest BCUT2D eigenvalue weighted by Gasteiger charge is -2.16. The Morgan fingerprint density at radius 1 is 1.32 bits per heavy atom. The molecule has 7 heteroatoms. The number of halogens is 1. The third-order valence-corrected chi connectivity index (χ3v) is 3.70. The average molecular weight is 316 g/mol. The lowest BCUT2D eigenvalue weighted by atomic mass is 10.1. The van der Waals surface area contributed by atoms with E-state index >= 15 is 0 Å². The summed E-state index contributed by atoms with van der Waals surface area (Å²) in [6.45, 7) is 1.99. The van der Waals surface area contributed by atoms with Crippen LogP contribution in [0.2, 0.25) is 5.02 Å². The first-order chi connectivity index (χ1) is 10.6. The molecule has 3 rings (SSSR count). The van der Waals surface area contributed by atoms with Crippen molar-refractivity contribution in [1.29, 1.82) is 0 Å². The summed E-state index contributed by atoms with van der Waals surface area (Å²) in [6.07, 6.45) is 5.12. The largest absolute Gasteiger partial charge is 0.376 e. The van der Waals surface area contributed by atoms with Gasteiger partial charge >= 0.3 is 0 Å². The van der Waals surface area contributed by atoms with Crippen LogP contribution in [0.15, 0.2) is 53.7 Å². The predicted molar refractivity (Wildman–Crippen MR) is 85.5 cm³/mol. The van der Waals surface area contributed by atoms with Crippen LogP contribution in [0.25, 0.3) is 5.69 Å². The van der Waals surface area contributed by atoms with Gasteiger partial charge in [-0.1, -0.05) is 23.7 Å². The molecule has 0 spiro atoms. The molecule has 2 aromatic heterocycles. The summed E-state index contributed by atoms with van der Waals surface area (Å²) >= 11 is 5.96. The van der Waals surface area contributed by atoms with E-state index in [0.717, 1.165) is 11.3 Å². The van der Waals surface area contributed by atoms with Crippen LogP contribution in [0.4, 0.5) is 5.69 Å². The number of H-pyrrole nitrogens is 1. The first kappa shape index (κ1) is 14.3. The van der Waals surface area contributed by atoms with Gasteiger partial charge in [0.2, 0.25) is 0 Å². The molecule has 22 heavy (non-hydrogen) atoms. The second-order valence-corrected chi connectivity index (χ2v) is 5.21. The molecule has 6 nitrogen and oxygen atoms in total. The number of aromatic nitrogens is 4. The topological polar surface area (TPSA) is 75.6 Å². The van der Waals surface area contributed by atoms with Crippen LogP contribution in [-0.2, 0) is 0 Å². The van der Waals surface area contributed by atoms with E-state index < -0.39 is 5.56 Å². The molecule has 1 atom stereocenters. The van der Waals surface area contributed by atoms with E-state index in [1.807, 2.05) is 43.5 Å². The number of aromatic amines is 1. The lowest BCUT2D eigenvalue weighted by molar-refractivity contribution is 0.859. The van der Waals surface area contributed by atoms with Gasteiger partial charge in [0, 0.05) is 18.4 Å². The van der Waals surface area contributed by atoms with Gasteiger partial charge in [0.25, 0.3) is 5.56 Å². The Morgan fingerprint density at radius 3 is 2.77 bits per heavy atom. The highest BCUT2D eigenvalue weighted by molar-refractivity contribution is 6.32. The molecule has 2 N–H and O–H groups in total. The van der Waals surface area contributed by atoms with Gasteiger partial charge in [0.1, 0.15) is 5.02 Å². The third-order valence-electron chi connectivity index (χ3n) is 3.33. The number of nitrogens with zero attached hydrogens (tertiary/aromatic N) is 3. The van der Waals surface area contributed by atoms with Crippen molar-refractivity contribution in [2.45, 2.75) is 13.0 Å². The first-order valence-corrected chi connectivity index (χ1v) is 7.12. The van der Waals surface area contributed by atoms with Crippen LogP contribution in [0.3, 0.4) is 0 Å². The van der Waals surface area contributed by atoms with Crippen molar-refractivity contribution in [1.82, 2.24) is 20.0 Å². The Hall–Kier alpha value is -2.60. The number of hydrogen-bond donors (Lipinski definition) is 2. The van der Waals surface area contributed by atoms with Crippen LogP contribution in [0.1, 0.15) is 18.5 Å². The van der Waals surface area contributed by atoms with E-state index in [9.17, 15) is 4.79 Å². The predicted octanol–water partition coefficient (Wildman–Crippen LogP) is 2.78. The van der Waals surface area contributed by atoms with E-state index in [-0.39, 0.29) is 11.1 Å². The Bertz CT molecular complexity index is 811. The van der Waals surface area contributed by atoms with Crippen molar-refractivity contribution in [3.8, 4) is 5.69 Å². The fraction of sp³-hybridized carbons (Fsp3) is 0.133. The molecule has 0 aliphatic carbocycles. The highest BCUT2D eigenvalue weighted by Gasteiger charge is 2.10. The zero-order chi connectivity index (χ0) is 15.5. The Morgan fingerprint density at radius 2 is 2.09 bits per heavy atom. The molecule has 0 aliphatic rings. The van der Waals surface area contributed by atoms with Gasteiger partial charge in [-0.25, -0.2) is 9.78 Å². The van der Waals surface area contributed by atoms with Crippen LogP contribution < -0.4 is 10.9 Å². The van der Waals surface area contributed by atoms with Gasteiger partial charge in [0.15, 0.2) is 0 Å². The standard InChI is InChI=1S/C15H14ClN5O/c1-10(19-13-9-17-20-15(22)14(13)16)11-3-5-12(6-4-11)21-8-2-7-18-21/h2-10H,1H3,(H2,19,20,22). The van der Waals surface area contributed by atoms with E-state index in [0.29, 0.717) is 5.69 Å². The van der Waals surface area contributed by atoms with Crippen LogP contribution in [0, 0.1) is 0 Å². The summed E-state index contributed by atoms with van der Waals surface area (Å²) in [4.78, 5) is 11.4. The molecule has 1 unspecified atom stereocenters. The Balaban J connectivity index is 1.79. The maximum absolute atomic E-state index is 11.4. The number of nitrogens with one attached hydrogen (secondary N) is 2. The summed E-state index contributed by atoms with van der Waals surface area (Å²) in [7, 11) is 0. The minimum Gasteiger partial charge on any atom is -0.376 e. The van der Waals surface area contributed by atoms with Gasteiger partial charge < -0.3 is 5.32 Å². The molecule has 0 aliphatic heterocycles. The number of rotatable bonds is 4.